The second kappa shape index (κ2) is 16.5. The molecule has 0 aliphatic carbocycles. The number of rotatable bonds is 8. The summed E-state index contributed by atoms with van der Waals surface area (Å²) < 4.78 is 3.77. The molecule has 0 radical (unpaired) electrons. The fraction of sp³-hybridized carbons (Fsp3) is 0. The molecule has 0 spiro atoms. The Morgan fingerprint density at radius 2 is 1.05 bits per heavy atom. The molecular formula is C49H30Br2N6O2S2. The van der Waals surface area contributed by atoms with Gasteiger partial charge in [0.25, 0.3) is 11.8 Å². The Hall–Kier alpha value is -6.57. The molecule has 1 aliphatic rings. The number of aliphatic imine (C=N–C) groups is 1. The highest BCUT2D eigenvalue weighted by Crippen LogP contribution is 2.47. The van der Waals surface area contributed by atoms with Crippen LogP contribution in [0, 0.1) is 0 Å². The molecule has 294 valence electrons. The fourth-order valence-corrected chi connectivity index (χ4v) is 9.85. The lowest BCUT2D eigenvalue weighted by molar-refractivity contribution is 0.0976. The van der Waals surface area contributed by atoms with Crippen LogP contribution in [0.25, 0.3) is 59.4 Å². The number of allylic oxidation sites excluding steroid dienone is 1. The molecule has 3 aromatic heterocycles. The van der Waals surface area contributed by atoms with Crippen molar-refractivity contribution in [2.24, 2.45) is 4.99 Å². The van der Waals surface area contributed by atoms with Crippen LogP contribution in [0.15, 0.2) is 177 Å². The molecule has 12 heteroatoms. The molecule has 61 heavy (non-hydrogen) atoms. The lowest BCUT2D eigenvalue weighted by Crippen LogP contribution is -2.30. The summed E-state index contributed by atoms with van der Waals surface area (Å²) >= 11 is 10.1. The highest BCUT2D eigenvalue weighted by molar-refractivity contribution is 9.10. The highest BCUT2D eigenvalue weighted by Gasteiger charge is 2.32. The van der Waals surface area contributed by atoms with E-state index in [1.807, 2.05) is 140 Å². The number of carbonyl (C=O) groups excluding carboxylic acids is 2. The number of para-hydroxylation sites is 2. The van der Waals surface area contributed by atoms with Crippen LogP contribution in [-0.4, -0.2) is 32.6 Å². The maximum absolute atomic E-state index is 14.0. The highest BCUT2D eigenvalue weighted by atomic mass is 79.9. The van der Waals surface area contributed by atoms with E-state index in [2.05, 4.69) is 47.5 Å². The lowest BCUT2D eigenvalue weighted by Gasteiger charge is -2.10. The third kappa shape index (κ3) is 7.71. The van der Waals surface area contributed by atoms with Crippen LogP contribution in [-0.2, 0) is 0 Å². The molecule has 2 amide bonds. The van der Waals surface area contributed by atoms with Gasteiger partial charge in [-0.2, -0.15) is 0 Å². The van der Waals surface area contributed by atoms with Crippen molar-refractivity contribution < 1.29 is 9.59 Å². The Kier molecular flexibility index (Phi) is 10.4. The summed E-state index contributed by atoms with van der Waals surface area (Å²) in [4.78, 5) is 47.1. The first-order chi connectivity index (χ1) is 29.9. The van der Waals surface area contributed by atoms with Crippen LogP contribution in [0.5, 0.6) is 0 Å². The molecule has 8 nitrogen and oxygen atoms in total. The van der Waals surface area contributed by atoms with Gasteiger partial charge in [-0.15, -0.1) is 22.7 Å². The Morgan fingerprint density at radius 3 is 1.64 bits per heavy atom. The smallest absolute Gasteiger partial charge is 0.256 e. The number of nitrogens with zero attached hydrogens (tertiary/aromatic N) is 3. The summed E-state index contributed by atoms with van der Waals surface area (Å²) in [5, 5.41) is 7.81. The summed E-state index contributed by atoms with van der Waals surface area (Å²) in [6, 6.07) is 50.5. The molecular weight excluding hydrogens is 929 g/mol. The number of aromatic amines is 1. The van der Waals surface area contributed by atoms with Crippen molar-refractivity contribution in [2.75, 3.05) is 5.32 Å². The average Bonchev–Trinajstić information content (AvgIpc) is 4.07. The van der Waals surface area contributed by atoms with Crippen LogP contribution in [0.2, 0.25) is 0 Å². The zero-order chi connectivity index (χ0) is 41.5. The molecule has 0 saturated carbocycles. The zero-order valence-electron chi connectivity index (χ0n) is 31.8. The predicted octanol–water partition coefficient (Wildman–Crippen LogP) is 13.1. The first-order valence-corrected chi connectivity index (χ1v) is 22.4. The molecule has 0 bridgehead atoms. The molecule has 4 heterocycles. The van der Waals surface area contributed by atoms with Gasteiger partial charge in [0.15, 0.2) is 0 Å². The van der Waals surface area contributed by atoms with E-state index in [-0.39, 0.29) is 11.8 Å². The van der Waals surface area contributed by atoms with Crippen molar-refractivity contribution in [1.29, 1.82) is 0 Å². The maximum Gasteiger partial charge on any atom is 0.256 e. The van der Waals surface area contributed by atoms with E-state index in [1.54, 1.807) is 46.9 Å². The van der Waals surface area contributed by atoms with Gasteiger partial charge in [-0.3, -0.25) is 9.59 Å². The van der Waals surface area contributed by atoms with Crippen molar-refractivity contribution in [3.63, 3.8) is 0 Å². The number of fused-ring (bicyclic) bond motifs is 2. The number of H-pyrrole nitrogens is 1. The van der Waals surface area contributed by atoms with Gasteiger partial charge in [0, 0.05) is 31.2 Å². The summed E-state index contributed by atoms with van der Waals surface area (Å²) in [6.45, 7) is 0. The molecule has 1 aliphatic heterocycles. The molecule has 0 saturated heterocycles. The largest absolute Gasteiger partial charge is 0.341 e. The van der Waals surface area contributed by atoms with Gasteiger partial charge < -0.3 is 15.6 Å². The van der Waals surface area contributed by atoms with Crippen molar-refractivity contribution in [3.05, 3.63) is 200 Å². The van der Waals surface area contributed by atoms with E-state index in [0.717, 1.165) is 62.2 Å². The van der Waals surface area contributed by atoms with Crippen molar-refractivity contribution >= 4 is 116 Å². The Morgan fingerprint density at radius 1 is 0.541 bits per heavy atom. The van der Waals surface area contributed by atoms with E-state index < -0.39 is 0 Å². The van der Waals surface area contributed by atoms with Crippen LogP contribution in [0.3, 0.4) is 0 Å². The Bertz CT molecular complexity index is 3180. The van der Waals surface area contributed by atoms with Crippen LogP contribution >= 0.6 is 54.5 Å². The van der Waals surface area contributed by atoms with Gasteiger partial charge in [-0.1, -0.05) is 117 Å². The lowest BCUT2D eigenvalue weighted by atomic mass is 9.96. The predicted molar refractivity (Wildman–Crippen MR) is 257 cm³/mol. The number of halogens is 2. The number of carbonyl (C=O) groups is 2. The topological polar surface area (TPSA) is 112 Å². The SMILES string of the molecule is O=C(NC1=NC(=Cc2[nH]c(NC(=O)c3ccc(Br)cc3)c(-c3nc4ccccc4s3)c2-c2ccccc2)C(c2ccccc2)=C1c1nc2ccccc2s1)c1ccc(Br)cc1. The van der Waals surface area contributed by atoms with E-state index in [0.29, 0.717) is 44.8 Å². The number of benzene rings is 6. The van der Waals surface area contributed by atoms with Gasteiger partial charge in [0.05, 0.1) is 43.0 Å². The number of hydrogen-bond acceptors (Lipinski definition) is 7. The van der Waals surface area contributed by atoms with E-state index >= 15 is 0 Å². The van der Waals surface area contributed by atoms with E-state index in [4.69, 9.17) is 15.0 Å². The summed E-state index contributed by atoms with van der Waals surface area (Å²) in [5.41, 5.74) is 8.82. The zero-order valence-corrected chi connectivity index (χ0v) is 36.6. The Labute approximate surface area is 374 Å². The summed E-state index contributed by atoms with van der Waals surface area (Å²) in [5.74, 6) is 0.272. The first kappa shape index (κ1) is 38.6. The number of amides is 2. The molecule has 3 N–H and O–H groups in total. The van der Waals surface area contributed by atoms with Crippen molar-refractivity contribution in [2.45, 2.75) is 0 Å². The van der Waals surface area contributed by atoms with Gasteiger partial charge in [-0.05, 0) is 90.0 Å². The molecule has 0 unspecified atom stereocenters. The van der Waals surface area contributed by atoms with Gasteiger partial charge in [0.1, 0.15) is 21.7 Å². The number of amidine groups is 1. The number of nitrogens with one attached hydrogen (secondary N) is 3. The molecule has 6 aromatic carbocycles. The monoisotopic (exact) mass is 956 g/mol. The van der Waals surface area contributed by atoms with E-state index in [9.17, 15) is 9.59 Å². The van der Waals surface area contributed by atoms with E-state index in [1.165, 1.54) is 0 Å². The van der Waals surface area contributed by atoms with Crippen molar-refractivity contribution in [1.82, 2.24) is 20.3 Å². The van der Waals surface area contributed by atoms with Gasteiger partial charge in [-0.25, -0.2) is 15.0 Å². The van der Waals surface area contributed by atoms with Crippen molar-refractivity contribution in [3.8, 4) is 21.7 Å². The summed E-state index contributed by atoms with van der Waals surface area (Å²) in [6.07, 6.45) is 1.99. The average molecular weight is 959 g/mol. The standard InChI is InChI=1S/C49H30Br2N6O2S2/c50-32-23-19-30(20-24-32)46(58)56-44-42(48-54-34-15-7-9-17-38(34)60-48)40(28-11-3-1-4-12-28)36(52-44)27-37-41(29-13-5-2-6-14-29)43(49-55-35-16-8-10-18-39(35)61-49)45(53-37)57-47(59)31-21-25-33(51)26-22-31/h1-27,52H,(H,56,58)(H,53,57,59). The minimum atomic E-state index is -0.306. The third-order valence-electron chi connectivity index (χ3n) is 10.1. The Balaban J connectivity index is 1.22. The second-order valence-corrected chi connectivity index (χ2v) is 17.9. The minimum absolute atomic E-state index is 0.283. The number of aromatic nitrogens is 3. The van der Waals surface area contributed by atoms with Gasteiger partial charge >= 0.3 is 0 Å². The molecule has 0 fully saturated rings. The first-order valence-electron chi connectivity index (χ1n) is 19.1. The maximum atomic E-state index is 14.0. The minimum Gasteiger partial charge on any atom is -0.341 e. The number of thiazole rings is 2. The van der Waals surface area contributed by atoms with Crippen LogP contribution in [0.4, 0.5) is 5.82 Å². The molecule has 10 rings (SSSR count). The van der Waals surface area contributed by atoms with Crippen LogP contribution < -0.4 is 10.6 Å². The fourth-order valence-electron chi connectivity index (χ4n) is 7.28. The molecule has 9 aromatic rings. The normalized spacial score (nSPS) is 13.3. The molecule has 0 atom stereocenters. The quantitative estimate of drug-likeness (QED) is 0.141. The summed E-state index contributed by atoms with van der Waals surface area (Å²) in [7, 11) is 0. The number of anilines is 1. The number of hydrogen-bond donors (Lipinski definition) is 3. The third-order valence-corrected chi connectivity index (χ3v) is 13.3. The van der Waals surface area contributed by atoms with Gasteiger partial charge in [0.2, 0.25) is 0 Å². The van der Waals surface area contributed by atoms with Crippen LogP contribution in [0.1, 0.15) is 37.0 Å². The second-order valence-electron chi connectivity index (χ2n) is 14.0.